The van der Waals surface area contributed by atoms with Crippen LogP contribution in [0, 0.1) is 17.8 Å². The molecule has 2 rings (SSSR count). The quantitative estimate of drug-likeness (QED) is 0.686. The number of piperidine rings is 1. The Labute approximate surface area is 86.7 Å². The molecule has 2 atom stereocenters. The van der Waals surface area contributed by atoms with E-state index in [-0.39, 0.29) is 0 Å². The maximum absolute atomic E-state index is 11.6. The zero-order valence-electron chi connectivity index (χ0n) is 9.33. The van der Waals surface area contributed by atoms with Crippen LogP contribution in [0.2, 0.25) is 0 Å². The van der Waals surface area contributed by atoms with Crippen LogP contribution < -0.4 is 0 Å². The molecule has 80 valence electrons. The molecule has 0 spiro atoms. The van der Waals surface area contributed by atoms with E-state index >= 15 is 0 Å². The summed E-state index contributed by atoms with van der Waals surface area (Å²) in [6.45, 7) is 7.57. The average Bonchev–Trinajstić information content (AvgIpc) is 2.82. The van der Waals surface area contributed by atoms with Crippen molar-refractivity contribution in [1.82, 2.24) is 4.90 Å². The second kappa shape index (κ2) is 4.01. The fraction of sp³-hybridized carbons (Fsp3) is 0.917. The van der Waals surface area contributed by atoms with Crippen LogP contribution in [0.3, 0.4) is 0 Å². The summed E-state index contributed by atoms with van der Waals surface area (Å²) >= 11 is 0. The largest absolute Gasteiger partial charge is 0.298 e. The SMILES string of the molecule is CC1CC(C)CN(CC(=O)C2CC2)C1. The van der Waals surface area contributed by atoms with Crippen LogP contribution in [0.1, 0.15) is 33.1 Å². The summed E-state index contributed by atoms with van der Waals surface area (Å²) in [4.78, 5) is 14.0. The Morgan fingerprint density at radius 1 is 1.21 bits per heavy atom. The average molecular weight is 195 g/mol. The molecular formula is C12H21NO. The molecule has 2 fully saturated rings. The molecule has 1 aliphatic heterocycles. The molecule has 0 aromatic heterocycles. The minimum absolute atomic E-state index is 0.433. The third kappa shape index (κ3) is 2.57. The van der Waals surface area contributed by atoms with Gasteiger partial charge in [-0.1, -0.05) is 13.8 Å². The Bertz CT molecular complexity index is 212. The van der Waals surface area contributed by atoms with Crippen molar-refractivity contribution >= 4 is 5.78 Å². The summed E-state index contributed by atoms with van der Waals surface area (Å²) in [5.74, 6) is 2.46. The lowest BCUT2D eigenvalue weighted by molar-refractivity contribution is -0.122. The second-order valence-electron chi connectivity index (χ2n) is 5.38. The van der Waals surface area contributed by atoms with Gasteiger partial charge in [0.25, 0.3) is 0 Å². The van der Waals surface area contributed by atoms with Crippen molar-refractivity contribution in [3.63, 3.8) is 0 Å². The van der Waals surface area contributed by atoms with Crippen molar-refractivity contribution in [1.29, 1.82) is 0 Å². The Hall–Kier alpha value is -0.370. The zero-order chi connectivity index (χ0) is 10.1. The highest BCUT2D eigenvalue weighted by molar-refractivity contribution is 5.84. The molecule has 0 aromatic carbocycles. The van der Waals surface area contributed by atoms with Crippen LogP contribution in [-0.4, -0.2) is 30.3 Å². The molecule has 1 saturated heterocycles. The highest BCUT2D eigenvalue weighted by Gasteiger charge is 2.32. The normalized spacial score (nSPS) is 34.4. The Balaban J connectivity index is 1.81. The number of nitrogens with zero attached hydrogens (tertiary/aromatic N) is 1. The third-order valence-corrected chi connectivity index (χ3v) is 3.36. The molecular weight excluding hydrogens is 174 g/mol. The van der Waals surface area contributed by atoms with E-state index in [1.165, 1.54) is 6.42 Å². The van der Waals surface area contributed by atoms with E-state index in [1.54, 1.807) is 0 Å². The van der Waals surface area contributed by atoms with Gasteiger partial charge in [0.05, 0.1) is 6.54 Å². The summed E-state index contributed by atoms with van der Waals surface area (Å²) in [5, 5.41) is 0. The number of Topliss-reactive ketones (excluding diaryl/α,β-unsaturated/α-hetero) is 1. The molecule has 0 radical (unpaired) electrons. The molecule has 0 aromatic rings. The lowest BCUT2D eigenvalue weighted by Crippen LogP contribution is -2.41. The van der Waals surface area contributed by atoms with Gasteiger partial charge in [-0.25, -0.2) is 0 Å². The van der Waals surface area contributed by atoms with Gasteiger partial charge >= 0.3 is 0 Å². The lowest BCUT2D eigenvalue weighted by Gasteiger charge is -2.34. The van der Waals surface area contributed by atoms with Crippen LogP contribution in [0.5, 0.6) is 0 Å². The molecule has 2 aliphatic rings. The van der Waals surface area contributed by atoms with Crippen LogP contribution in [0.15, 0.2) is 0 Å². The van der Waals surface area contributed by atoms with Gasteiger partial charge in [-0.05, 0) is 31.1 Å². The van der Waals surface area contributed by atoms with Crippen molar-refractivity contribution in [3.05, 3.63) is 0 Å². The van der Waals surface area contributed by atoms with Gasteiger partial charge in [0, 0.05) is 19.0 Å². The van der Waals surface area contributed by atoms with Crippen molar-refractivity contribution in [3.8, 4) is 0 Å². The third-order valence-electron chi connectivity index (χ3n) is 3.36. The van der Waals surface area contributed by atoms with Gasteiger partial charge in [0.15, 0.2) is 0 Å². The second-order valence-corrected chi connectivity index (χ2v) is 5.38. The summed E-state index contributed by atoms with van der Waals surface area (Å²) in [7, 11) is 0. The molecule has 0 bridgehead atoms. The summed E-state index contributed by atoms with van der Waals surface area (Å²) in [6, 6.07) is 0. The number of carbonyl (C=O) groups is 1. The standard InChI is InChI=1S/C12H21NO/c1-9-5-10(2)7-13(6-9)8-12(14)11-3-4-11/h9-11H,3-8H2,1-2H3. The minimum Gasteiger partial charge on any atom is -0.298 e. The molecule has 2 heteroatoms. The van der Waals surface area contributed by atoms with Gasteiger partial charge < -0.3 is 0 Å². The first-order valence-electron chi connectivity index (χ1n) is 5.90. The summed E-state index contributed by atoms with van der Waals surface area (Å²) < 4.78 is 0. The topological polar surface area (TPSA) is 20.3 Å². The highest BCUT2D eigenvalue weighted by atomic mass is 16.1. The molecule has 1 aliphatic carbocycles. The van der Waals surface area contributed by atoms with E-state index in [1.807, 2.05) is 0 Å². The molecule has 14 heavy (non-hydrogen) atoms. The zero-order valence-corrected chi connectivity index (χ0v) is 9.33. The summed E-state index contributed by atoms with van der Waals surface area (Å²) in [5.41, 5.74) is 0. The van der Waals surface area contributed by atoms with E-state index in [2.05, 4.69) is 18.7 Å². The van der Waals surface area contributed by atoms with Crippen LogP contribution in [-0.2, 0) is 4.79 Å². The van der Waals surface area contributed by atoms with E-state index in [4.69, 9.17) is 0 Å². The smallest absolute Gasteiger partial charge is 0.149 e. The number of hydrogen-bond acceptors (Lipinski definition) is 2. The first kappa shape index (κ1) is 10.2. The number of carbonyl (C=O) groups excluding carboxylic acids is 1. The van der Waals surface area contributed by atoms with Crippen LogP contribution in [0.4, 0.5) is 0 Å². The monoisotopic (exact) mass is 195 g/mol. The predicted octanol–water partition coefficient (Wildman–Crippen LogP) is 1.94. The van der Waals surface area contributed by atoms with Gasteiger partial charge in [-0.2, -0.15) is 0 Å². The van der Waals surface area contributed by atoms with Gasteiger partial charge in [0.2, 0.25) is 0 Å². The molecule has 0 N–H and O–H groups in total. The fourth-order valence-corrected chi connectivity index (χ4v) is 2.68. The lowest BCUT2D eigenvalue weighted by atomic mass is 9.92. The Kier molecular flexibility index (Phi) is 2.91. The Morgan fingerprint density at radius 3 is 2.29 bits per heavy atom. The van der Waals surface area contributed by atoms with Crippen molar-refractivity contribution in [2.24, 2.45) is 17.8 Å². The fourth-order valence-electron chi connectivity index (χ4n) is 2.68. The summed E-state index contributed by atoms with van der Waals surface area (Å²) in [6.07, 6.45) is 3.63. The van der Waals surface area contributed by atoms with E-state index in [9.17, 15) is 4.79 Å². The van der Waals surface area contributed by atoms with Gasteiger partial charge in [0.1, 0.15) is 5.78 Å². The van der Waals surface area contributed by atoms with Crippen LogP contribution in [0.25, 0.3) is 0 Å². The number of hydrogen-bond donors (Lipinski definition) is 0. The number of likely N-dealkylation sites (tertiary alicyclic amines) is 1. The first-order chi connectivity index (χ1) is 6.65. The molecule has 0 amide bonds. The van der Waals surface area contributed by atoms with E-state index < -0.39 is 0 Å². The first-order valence-corrected chi connectivity index (χ1v) is 5.90. The molecule has 2 unspecified atom stereocenters. The number of rotatable bonds is 3. The van der Waals surface area contributed by atoms with Crippen molar-refractivity contribution < 1.29 is 4.79 Å². The van der Waals surface area contributed by atoms with Gasteiger partial charge in [-0.3, -0.25) is 9.69 Å². The van der Waals surface area contributed by atoms with Crippen molar-refractivity contribution in [2.75, 3.05) is 19.6 Å². The highest BCUT2D eigenvalue weighted by Crippen LogP contribution is 2.30. The Morgan fingerprint density at radius 2 is 1.79 bits per heavy atom. The molecule has 2 nitrogen and oxygen atoms in total. The van der Waals surface area contributed by atoms with Crippen LogP contribution >= 0.6 is 0 Å². The van der Waals surface area contributed by atoms with E-state index in [0.29, 0.717) is 11.7 Å². The number of ketones is 1. The predicted molar refractivity (Wildman–Crippen MR) is 57.1 cm³/mol. The maximum atomic E-state index is 11.6. The minimum atomic E-state index is 0.433. The van der Waals surface area contributed by atoms with Crippen molar-refractivity contribution in [2.45, 2.75) is 33.1 Å². The molecule has 1 saturated carbocycles. The maximum Gasteiger partial charge on any atom is 0.149 e. The molecule has 1 heterocycles. The van der Waals surface area contributed by atoms with Gasteiger partial charge in [-0.15, -0.1) is 0 Å². The van der Waals surface area contributed by atoms with E-state index in [0.717, 1.165) is 44.3 Å².